The van der Waals surface area contributed by atoms with Gasteiger partial charge in [0.15, 0.2) is 6.29 Å². The van der Waals surface area contributed by atoms with Crippen molar-refractivity contribution in [3.8, 4) is 5.69 Å². The molecule has 0 N–H and O–H groups in total. The van der Waals surface area contributed by atoms with Gasteiger partial charge in [-0.05, 0) is 12.1 Å². The van der Waals surface area contributed by atoms with Crippen molar-refractivity contribution in [2.45, 2.75) is 6.18 Å². The Morgan fingerprint density at radius 3 is 2.53 bits per heavy atom. The first kappa shape index (κ1) is 11.4. The van der Waals surface area contributed by atoms with E-state index < -0.39 is 11.7 Å². The number of halogens is 3. The molecule has 0 bridgehead atoms. The van der Waals surface area contributed by atoms with Gasteiger partial charge in [-0.1, -0.05) is 12.1 Å². The van der Waals surface area contributed by atoms with E-state index in [0.717, 1.165) is 10.7 Å². The fourth-order valence-electron chi connectivity index (χ4n) is 1.44. The molecule has 0 aliphatic heterocycles. The lowest BCUT2D eigenvalue weighted by Gasteiger charge is -2.11. The molecule has 3 nitrogen and oxygen atoms in total. The number of alkyl halides is 3. The van der Waals surface area contributed by atoms with Gasteiger partial charge in [0, 0.05) is 6.20 Å². The molecule has 1 aromatic heterocycles. The summed E-state index contributed by atoms with van der Waals surface area (Å²) in [6.07, 6.45) is -1.47. The summed E-state index contributed by atoms with van der Waals surface area (Å²) in [6.45, 7) is 0. The molecule has 0 aliphatic carbocycles. The van der Waals surface area contributed by atoms with Gasteiger partial charge in [0.25, 0.3) is 0 Å². The van der Waals surface area contributed by atoms with Crippen molar-refractivity contribution >= 4 is 6.29 Å². The molecule has 2 rings (SSSR count). The number of benzene rings is 1. The lowest BCUT2D eigenvalue weighted by atomic mass is 10.1. The fraction of sp³-hybridized carbons (Fsp3) is 0.0909. The normalized spacial score (nSPS) is 11.5. The van der Waals surface area contributed by atoms with Gasteiger partial charge >= 0.3 is 6.18 Å². The molecule has 0 saturated heterocycles. The summed E-state index contributed by atoms with van der Waals surface area (Å²) in [5.41, 5.74) is -0.671. The van der Waals surface area contributed by atoms with Gasteiger partial charge in [-0.3, -0.25) is 4.79 Å². The van der Waals surface area contributed by atoms with Gasteiger partial charge in [-0.15, -0.1) is 0 Å². The Balaban J connectivity index is 2.55. The van der Waals surface area contributed by atoms with Crippen LogP contribution in [0.4, 0.5) is 13.2 Å². The number of carbonyl (C=O) groups is 1. The van der Waals surface area contributed by atoms with E-state index in [4.69, 9.17) is 0 Å². The van der Waals surface area contributed by atoms with Gasteiger partial charge in [0.2, 0.25) is 0 Å². The number of rotatable bonds is 2. The summed E-state index contributed by atoms with van der Waals surface area (Å²) in [5, 5.41) is 3.72. The van der Waals surface area contributed by atoms with Gasteiger partial charge in [-0.2, -0.15) is 18.3 Å². The molecular formula is C11H7F3N2O. The summed E-state index contributed by atoms with van der Waals surface area (Å²) >= 11 is 0. The first-order valence-electron chi connectivity index (χ1n) is 4.69. The number of nitrogens with zero attached hydrogens (tertiary/aromatic N) is 2. The number of hydrogen-bond acceptors (Lipinski definition) is 2. The van der Waals surface area contributed by atoms with Crippen LogP contribution < -0.4 is 0 Å². The highest BCUT2D eigenvalue weighted by atomic mass is 19.4. The minimum Gasteiger partial charge on any atom is -0.298 e. The molecule has 0 saturated carbocycles. The number of carbonyl (C=O) groups excluding carboxylic acids is 1. The Kier molecular flexibility index (Phi) is 2.71. The summed E-state index contributed by atoms with van der Waals surface area (Å²) in [5.74, 6) is 0. The van der Waals surface area contributed by atoms with E-state index in [1.54, 1.807) is 0 Å². The zero-order chi connectivity index (χ0) is 12.5. The lowest BCUT2D eigenvalue weighted by molar-refractivity contribution is -0.137. The van der Waals surface area contributed by atoms with Crippen LogP contribution in [-0.2, 0) is 6.18 Å². The molecule has 17 heavy (non-hydrogen) atoms. The molecule has 1 aromatic carbocycles. The first-order valence-corrected chi connectivity index (χ1v) is 4.69. The van der Waals surface area contributed by atoms with Crippen molar-refractivity contribution in [3.63, 3.8) is 0 Å². The number of hydrogen-bond donors (Lipinski definition) is 0. The van der Waals surface area contributed by atoms with E-state index >= 15 is 0 Å². The molecular weight excluding hydrogens is 233 g/mol. The van der Waals surface area contributed by atoms with Crippen molar-refractivity contribution in [1.29, 1.82) is 0 Å². The molecule has 0 radical (unpaired) electrons. The van der Waals surface area contributed by atoms with Crippen LogP contribution in [0.2, 0.25) is 0 Å². The molecule has 0 amide bonds. The Labute approximate surface area is 94.5 Å². The van der Waals surface area contributed by atoms with E-state index in [9.17, 15) is 18.0 Å². The Bertz CT molecular complexity index is 546. The molecule has 0 aliphatic rings. The smallest absolute Gasteiger partial charge is 0.298 e. The van der Waals surface area contributed by atoms with Crippen LogP contribution in [0.15, 0.2) is 36.7 Å². The average Bonchev–Trinajstić information content (AvgIpc) is 2.76. The van der Waals surface area contributed by atoms with E-state index in [0.29, 0.717) is 6.29 Å². The fourth-order valence-corrected chi connectivity index (χ4v) is 1.44. The minimum atomic E-state index is -4.45. The maximum absolute atomic E-state index is 12.7. The standard InChI is InChI=1S/C11H7F3N2O/c12-11(13,14)9-3-1-2-4-10(9)16-6-8(7-17)5-15-16/h1-7H. The highest BCUT2D eigenvalue weighted by Crippen LogP contribution is 2.33. The zero-order valence-electron chi connectivity index (χ0n) is 8.48. The quantitative estimate of drug-likeness (QED) is 0.756. The van der Waals surface area contributed by atoms with Gasteiger partial charge in [0.1, 0.15) is 0 Å². The van der Waals surface area contributed by atoms with Gasteiger partial charge < -0.3 is 0 Å². The number of para-hydroxylation sites is 1. The maximum atomic E-state index is 12.7. The summed E-state index contributed by atoms with van der Waals surface area (Å²) in [7, 11) is 0. The lowest BCUT2D eigenvalue weighted by Crippen LogP contribution is -2.10. The molecule has 0 spiro atoms. The van der Waals surface area contributed by atoms with Crippen LogP contribution in [0.3, 0.4) is 0 Å². The number of aromatic nitrogens is 2. The largest absolute Gasteiger partial charge is 0.418 e. The third kappa shape index (κ3) is 2.20. The predicted molar refractivity (Wildman–Crippen MR) is 54.0 cm³/mol. The maximum Gasteiger partial charge on any atom is 0.418 e. The van der Waals surface area contributed by atoms with Crippen molar-refractivity contribution in [3.05, 3.63) is 47.8 Å². The highest BCUT2D eigenvalue weighted by Gasteiger charge is 2.33. The third-order valence-corrected chi connectivity index (χ3v) is 2.19. The van der Waals surface area contributed by atoms with Crippen LogP contribution in [-0.4, -0.2) is 16.1 Å². The van der Waals surface area contributed by atoms with Crippen molar-refractivity contribution in [2.24, 2.45) is 0 Å². The average molecular weight is 240 g/mol. The number of aldehydes is 1. The third-order valence-electron chi connectivity index (χ3n) is 2.19. The van der Waals surface area contributed by atoms with Crippen LogP contribution in [0.1, 0.15) is 15.9 Å². The van der Waals surface area contributed by atoms with Crippen molar-refractivity contribution < 1.29 is 18.0 Å². The SMILES string of the molecule is O=Cc1cnn(-c2ccccc2C(F)(F)F)c1. The Morgan fingerprint density at radius 2 is 1.94 bits per heavy atom. The van der Waals surface area contributed by atoms with Crippen molar-refractivity contribution in [1.82, 2.24) is 9.78 Å². The van der Waals surface area contributed by atoms with E-state index in [1.807, 2.05) is 0 Å². The van der Waals surface area contributed by atoms with Crippen LogP contribution in [0.25, 0.3) is 5.69 Å². The first-order chi connectivity index (χ1) is 8.02. The summed E-state index contributed by atoms with van der Waals surface area (Å²) < 4.78 is 39.2. The molecule has 88 valence electrons. The summed E-state index contributed by atoms with van der Waals surface area (Å²) in [6, 6.07) is 5.05. The molecule has 6 heteroatoms. The zero-order valence-corrected chi connectivity index (χ0v) is 8.48. The highest BCUT2D eigenvalue weighted by molar-refractivity contribution is 5.73. The minimum absolute atomic E-state index is 0.104. The Hall–Kier alpha value is -2.11. The van der Waals surface area contributed by atoms with Crippen molar-refractivity contribution in [2.75, 3.05) is 0 Å². The molecule has 1 heterocycles. The molecule has 0 unspecified atom stereocenters. The molecule has 0 fully saturated rings. The summed E-state index contributed by atoms with van der Waals surface area (Å²) in [4.78, 5) is 10.5. The van der Waals surface area contributed by atoms with Gasteiger partial charge in [0.05, 0.1) is 23.0 Å². The monoisotopic (exact) mass is 240 g/mol. The van der Waals surface area contributed by atoms with E-state index in [1.165, 1.54) is 30.6 Å². The second-order valence-electron chi connectivity index (χ2n) is 3.35. The van der Waals surface area contributed by atoms with E-state index in [-0.39, 0.29) is 11.3 Å². The van der Waals surface area contributed by atoms with Crippen LogP contribution in [0.5, 0.6) is 0 Å². The van der Waals surface area contributed by atoms with Crippen LogP contribution >= 0.6 is 0 Å². The molecule has 0 atom stereocenters. The Morgan fingerprint density at radius 1 is 1.24 bits per heavy atom. The molecule has 2 aromatic rings. The second kappa shape index (κ2) is 4.04. The van der Waals surface area contributed by atoms with Crippen LogP contribution in [0, 0.1) is 0 Å². The topological polar surface area (TPSA) is 34.9 Å². The predicted octanol–water partition coefficient (Wildman–Crippen LogP) is 2.70. The second-order valence-corrected chi connectivity index (χ2v) is 3.35. The van der Waals surface area contributed by atoms with E-state index in [2.05, 4.69) is 5.10 Å². The van der Waals surface area contributed by atoms with Gasteiger partial charge in [-0.25, -0.2) is 4.68 Å².